The van der Waals surface area contributed by atoms with Crippen LogP contribution >= 0.6 is 0 Å². The van der Waals surface area contributed by atoms with Gasteiger partial charge in [0, 0.05) is 18.5 Å². The number of hydrogen-bond acceptors (Lipinski definition) is 2. The van der Waals surface area contributed by atoms with E-state index in [-0.39, 0.29) is 6.03 Å². The zero-order valence-electron chi connectivity index (χ0n) is 12.4. The number of hydrogen-bond donors (Lipinski definition) is 2. The van der Waals surface area contributed by atoms with Gasteiger partial charge in [-0.05, 0) is 30.9 Å². The van der Waals surface area contributed by atoms with Crippen LogP contribution in [-0.2, 0) is 0 Å². The lowest BCUT2D eigenvalue weighted by Gasteiger charge is -2.27. The van der Waals surface area contributed by atoms with E-state index in [9.17, 15) is 4.79 Å². The summed E-state index contributed by atoms with van der Waals surface area (Å²) in [6, 6.07) is 8.46. The second-order valence-electron chi connectivity index (χ2n) is 6.06. The van der Waals surface area contributed by atoms with Crippen LogP contribution in [0.25, 0.3) is 0 Å². The van der Waals surface area contributed by atoms with Crippen LogP contribution in [0.3, 0.4) is 0 Å². The van der Waals surface area contributed by atoms with E-state index < -0.39 is 0 Å². The highest BCUT2D eigenvalue weighted by molar-refractivity contribution is 5.74. The van der Waals surface area contributed by atoms with Crippen LogP contribution in [-0.4, -0.2) is 25.2 Å². The van der Waals surface area contributed by atoms with Gasteiger partial charge in [-0.15, -0.1) is 0 Å². The summed E-state index contributed by atoms with van der Waals surface area (Å²) < 4.78 is 5.65. The second-order valence-corrected chi connectivity index (χ2v) is 6.06. The first-order valence-corrected chi connectivity index (χ1v) is 8.09. The van der Waals surface area contributed by atoms with Gasteiger partial charge in [0.1, 0.15) is 5.75 Å². The molecule has 3 rings (SSSR count). The smallest absolute Gasteiger partial charge is 0.315 e. The number of rotatable bonds is 3. The van der Waals surface area contributed by atoms with E-state index >= 15 is 0 Å². The predicted octanol–water partition coefficient (Wildman–Crippen LogP) is 3.18. The first kappa shape index (κ1) is 14.2. The second kappa shape index (κ2) is 6.83. The summed E-state index contributed by atoms with van der Waals surface area (Å²) in [4.78, 5) is 12.0. The Bertz CT molecular complexity index is 483. The minimum atomic E-state index is -0.0223. The van der Waals surface area contributed by atoms with Crippen molar-refractivity contribution in [1.29, 1.82) is 0 Å². The monoisotopic (exact) mass is 288 g/mol. The molecule has 4 heteroatoms. The molecule has 1 aliphatic heterocycles. The summed E-state index contributed by atoms with van der Waals surface area (Å²) in [6.07, 6.45) is 6.97. The molecular weight excluding hydrogens is 264 g/mol. The molecule has 1 heterocycles. The largest absolute Gasteiger partial charge is 0.493 e. The van der Waals surface area contributed by atoms with Gasteiger partial charge >= 0.3 is 6.03 Å². The van der Waals surface area contributed by atoms with Crippen molar-refractivity contribution in [2.75, 3.05) is 13.2 Å². The molecule has 1 aromatic carbocycles. The molecule has 0 saturated heterocycles. The van der Waals surface area contributed by atoms with Crippen LogP contribution in [0.2, 0.25) is 0 Å². The fraction of sp³-hybridized carbons (Fsp3) is 0.588. The van der Waals surface area contributed by atoms with Gasteiger partial charge in [-0.2, -0.15) is 0 Å². The SMILES string of the molecule is O=C(NCC1CCOc2ccccc21)NC1CCCCC1. The van der Waals surface area contributed by atoms with Crippen LogP contribution in [0, 0.1) is 0 Å². The minimum absolute atomic E-state index is 0.0223. The van der Waals surface area contributed by atoms with E-state index in [0.29, 0.717) is 18.5 Å². The summed E-state index contributed by atoms with van der Waals surface area (Å²) in [5, 5.41) is 6.14. The molecule has 1 aromatic rings. The zero-order valence-corrected chi connectivity index (χ0v) is 12.4. The third kappa shape index (κ3) is 3.69. The highest BCUT2D eigenvalue weighted by Gasteiger charge is 2.22. The maximum atomic E-state index is 12.0. The van der Waals surface area contributed by atoms with Gasteiger partial charge in [0.25, 0.3) is 0 Å². The Morgan fingerprint density at radius 2 is 1.95 bits per heavy atom. The molecule has 1 saturated carbocycles. The number of para-hydroxylation sites is 1. The predicted molar refractivity (Wildman–Crippen MR) is 82.7 cm³/mol. The number of carbonyl (C=O) groups excluding carboxylic acids is 1. The number of ether oxygens (including phenoxy) is 1. The van der Waals surface area contributed by atoms with Gasteiger partial charge in [0.2, 0.25) is 0 Å². The third-order valence-electron chi connectivity index (χ3n) is 4.53. The van der Waals surface area contributed by atoms with E-state index in [1.54, 1.807) is 0 Å². The zero-order chi connectivity index (χ0) is 14.5. The molecule has 0 spiro atoms. The van der Waals surface area contributed by atoms with Gasteiger partial charge in [0.05, 0.1) is 6.61 Å². The van der Waals surface area contributed by atoms with Crippen molar-refractivity contribution < 1.29 is 9.53 Å². The molecule has 4 nitrogen and oxygen atoms in total. The number of nitrogens with one attached hydrogen (secondary N) is 2. The van der Waals surface area contributed by atoms with E-state index in [0.717, 1.165) is 31.6 Å². The Labute approximate surface area is 126 Å². The van der Waals surface area contributed by atoms with Gasteiger partial charge in [-0.3, -0.25) is 0 Å². The lowest BCUT2D eigenvalue weighted by molar-refractivity contribution is 0.228. The summed E-state index contributed by atoms with van der Waals surface area (Å²) in [5.74, 6) is 1.32. The highest BCUT2D eigenvalue weighted by atomic mass is 16.5. The van der Waals surface area contributed by atoms with Crippen molar-refractivity contribution >= 4 is 6.03 Å². The molecule has 2 amide bonds. The fourth-order valence-electron chi connectivity index (χ4n) is 3.33. The average molecular weight is 288 g/mol. The Hall–Kier alpha value is -1.71. The number of carbonyl (C=O) groups is 1. The van der Waals surface area contributed by atoms with Gasteiger partial charge in [-0.1, -0.05) is 37.5 Å². The number of fused-ring (bicyclic) bond motifs is 1. The maximum absolute atomic E-state index is 12.0. The van der Waals surface area contributed by atoms with Crippen LogP contribution in [0.4, 0.5) is 4.79 Å². The molecule has 1 unspecified atom stereocenters. The minimum Gasteiger partial charge on any atom is -0.493 e. The van der Waals surface area contributed by atoms with Gasteiger partial charge in [0.15, 0.2) is 0 Å². The van der Waals surface area contributed by atoms with Crippen LogP contribution in [0.15, 0.2) is 24.3 Å². The van der Waals surface area contributed by atoms with Gasteiger partial charge < -0.3 is 15.4 Å². The Morgan fingerprint density at radius 3 is 2.81 bits per heavy atom. The molecule has 2 N–H and O–H groups in total. The third-order valence-corrected chi connectivity index (χ3v) is 4.53. The van der Waals surface area contributed by atoms with Crippen molar-refractivity contribution in [3.8, 4) is 5.75 Å². The molecule has 1 atom stereocenters. The molecule has 1 aliphatic carbocycles. The van der Waals surface area contributed by atoms with E-state index in [1.165, 1.54) is 24.8 Å². The molecule has 2 aliphatic rings. The summed E-state index contributed by atoms with van der Waals surface area (Å²) in [6.45, 7) is 1.41. The number of urea groups is 1. The van der Waals surface area contributed by atoms with E-state index in [2.05, 4.69) is 16.7 Å². The topological polar surface area (TPSA) is 50.4 Å². The van der Waals surface area contributed by atoms with Crippen molar-refractivity contribution in [2.45, 2.75) is 50.5 Å². The van der Waals surface area contributed by atoms with Crippen molar-refractivity contribution in [2.24, 2.45) is 0 Å². The first-order valence-electron chi connectivity index (χ1n) is 8.09. The molecule has 21 heavy (non-hydrogen) atoms. The number of amides is 2. The molecular formula is C17H24N2O2. The summed E-state index contributed by atoms with van der Waals surface area (Å²) >= 11 is 0. The molecule has 0 radical (unpaired) electrons. The molecule has 114 valence electrons. The average Bonchev–Trinajstić information content (AvgIpc) is 2.54. The molecule has 0 bridgehead atoms. The standard InChI is InChI=1S/C17H24N2O2/c20-17(19-14-6-2-1-3-7-14)18-12-13-10-11-21-16-9-5-4-8-15(13)16/h4-5,8-9,13-14H,1-3,6-7,10-12H2,(H2,18,19,20). The number of benzene rings is 1. The summed E-state index contributed by atoms with van der Waals surface area (Å²) in [5.41, 5.74) is 1.21. The summed E-state index contributed by atoms with van der Waals surface area (Å²) in [7, 11) is 0. The van der Waals surface area contributed by atoms with E-state index in [1.807, 2.05) is 18.2 Å². The Morgan fingerprint density at radius 1 is 1.14 bits per heavy atom. The molecule has 0 aromatic heterocycles. The lowest BCUT2D eigenvalue weighted by Crippen LogP contribution is -2.44. The van der Waals surface area contributed by atoms with Crippen LogP contribution in [0.1, 0.15) is 50.0 Å². The van der Waals surface area contributed by atoms with Crippen molar-refractivity contribution in [3.05, 3.63) is 29.8 Å². The van der Waals surface area contributed by atoms with Crippen molar-refractivity contribution in [3.63, 3.8) is 0 Å². The van der Waals surface area contributed by atoms with Crippen molar-refractivity contribution in [1.82, 2.24) is 10.6 Å². The maximum Gasteiger partial charge on any atom is 0.315 e. The Kier molecular flexibility index (Phi) is 4.63. The first-order chi connectivity index (χ1) is 10.3. The van der Waals surface area contributed by atoms with Crippen LogP contribution < -0.4 is 15.4 Å². The van der Waals surface area contributed by atoms with Gasteiger partial charge in [-0.25, -0.2) is 4.79 Å². The molecule has 1 fully saturated rings. The quantitative estimate of drug-likeness (QED) is 0.897. The fourth-order valence-corrected chi connectivity index (χ4v) is 3.33. The van der Waals surface area contributed by atoms with Crippen LogP contribution in [0.5, 0.6) is 5.75 Å². The normalized spacial score (nSPS) is 22.0. The van der Waals surface area contributed by atoms with E-state index in [4.69, 9.17) is 4.74 Å². The lowest BCUT2D eigenvalue weighted by atomic mass is 9.93. The highest BCUT2D eigenvalue weighted by Crippen LogP contribution is 2.32. The Balaban J connectivity index is 1.50.